The number of amidine groups is 1. The predicted molar refractivity (Wildman–Crippen MR) is 71.8 cm³/mol. The quantitative estimate of drug-likeness (QED) is 0.866. The summed E-state index contributed by atoms with van der Waals surface area (Å²) in [6, 6.07) is 7.55. The first kappa shape index (κ1) is 14.6. The summed E-state index contributed by atoms with van der Waals surface area (Å²) >= 11 is 1.00. The van der Waals surface area contributed by atoms with Crippen LogP contribution in [-0.4, -0.2) is 28.7 Å². The largest absolute Gasteiger partial charge is 0.471 e. The second-order valence-corrected chi connectivity index (χ2v) is 5.02. The van der Waals surface area contributed by atoms with Crippen LogP contribution < -0.4 is 5.32 Å². The highest BCUT2D eigenvalue weighted by atomic mass is 32.2. The van der Waals surface area contributed by atoms with Crippen molar-refractivity contribution in [2.75, 3.05) is 5.75 Å². The Hall–Kier alpha value is -1.83. The molecule has 1 aromatic rings. The average molecular weight is 301 g/mol. The van der Waals surface area contributed by atoms with Crippen molar-refractivity contribution in [1.82, 2.24) is 5.32 Å². The van der Waals surface area contributed by atoms with Crippen LogP contribution in [0.4, 0.5) is 13.2 Å². The minimum atomic E-state index is -4.93. The van der Waals surface area contributed by atoms with Gasteiger partial charge >= 0.3 is 12.1 Å². The molecule has 0 spiro atoms. The minimum absolute atomic E-state index is 0.150. The molecular formula is C12H10F3N3OS. The number of aryl methyl sites for hydroxylation is 1. The van der Waals surface area contributed by atoms with Gasteiger partial charge in [-0.25, -0.2) is 0 Å². The van der Waals surface area contributed by atoms with E-state index in [1.165, 1.54) is 0 Å². The summed E-state index contributed by atoms with van der Waals surface area (Å²) in [5.74, 6) is -1.70. The van der Waals surface area contributed by atoms with E-state index in [0.29, 0.717) is 11.5 Å². The van der Waals surface area contributed by atoms with Gasteiger partial charge < -0.3 is 0 Å². The zero-order valence-electron chi connectivity index (χ0n) is 10.4. The highest BCUT2D eigenvalue weighted by molar-refractivity contribution is 8.14. The fourth-order valence-electron chi connectivity index (χ4n) is 1.42. The van der Waals surface area contributed by atoms with E-state index in [1.54, 1.807) is 5.32 Å². The molecule has 1 amide bonds. The standard InChI is InChI=1S/C12H10F3N3OS/c1-7-2-4-8(5-3-7)9-6-20-11(18-17-9)16-10(19)12(13,14)15/h2-5H,6H2,1H3,(H,16,18,19). The first-order valence-corrected chi connectivity index (χ1v) is 6.57. The Morgan fingerprint density at radius 2 is 1.90 bits per heavy atom. The molecular weight excluding hydrogens is 291 g/mol. The van der Waals surface area contributed by atoms with Crippen molar-refractivity contribution in [2.24, 2.45) is 10.2 Å². The number of carbonyl (C=O) groups excluding carboxylic acids is 1. The third-order valence-corrected chi connectivity index (χ3v) is 3.34. The van der Waals surface area contributed by atoms with E-state index in [9.17, 15) is 18.0 Å². The maximum absolute atomic E-state index is 12.1. The molecule has 0 saturated heterocycles. The molecule has 2 rings (SSSR count). The Morgan fingerprint density at radius 1 is 1.25 bits per heavy atom. The zero-order chi connectivity index (χ0) is 14.8. The minimum Gasteiger partial charge on any atom is -0.296 e. The third kappa shape index (κ3) is 3.60. The van der Waals surface area contributed by atoms with Gasteiger partial charge in [-0.2, -0.15) is 18.3 Å². The van der Waals surface area contributed by atoms with Crippen molar-refractivity contribution in [2.45, 2.75) is 13.1 Å². The van der Waals surface area contributed by atoms with Gasteiger partial charge in [0.15, 0.2) is 5.17 Å². The van der Waals surface area contributed by atoms with E-state index in [4.69, 9.17) is 0 Å². The fourth-order valence-corrected chi connectivity index (χ4v) is 2.18. The molecule has 0 bridgehead atoms. The molecule has 0 saturated carbocycles. The molecule has 0 aromatic heterocycles. The van der Waals surface area contributed by atoms with Crippen molar-refractivity contribution in [3.63, 3.8) is 0 Å². The van der Waals surface area contributed by atoms with E-state index >= 15 is 0 Å². The summed E-state index contributed by atoms with van der Waals surface area (Å²) in [6.45, 7) is 1.95. The summed E-state index contributed by atoms with van der Waals surface area (Å²) in [6.07, 6.45) is -4.93. The molecule has 8 heteroatoms. The average Bonchev–Trinajstić information content (AvgIpc) is 2.39. The summed E-state index contributed by atoms with van der Waals surface area (Å²) in [7, 11) is 0. The van der Waals surface area contributed by atoms with Crippen molar-refractivity contribution in [3.8, 4) is 0 Å². The summed E-state index contributed by atoms with van der Waals surface area (Å²) in [5.41, 5.74) is 2.60. The van der Waals surface area contributed by atoms with Gasteiger partial charge in [-0.05, 0) is 12.5 Å². The lowest BCUT2D eigenvalue weighted by molar-refractivity contribution is -0.171. The van der Waals surface area contributed by atoms with Crippen LogP contribution in [0.1, 0.15) is 11.1 Å². The number of nitrogens with zero attached hydrogens (tertiary/aromatic N) is 2. The van der Waals surface area contributed by atoms with Crippen LogP contribution in [0.25, 0.3) is 0 Å². The number of rotatable bonds is 1. The molecule has 0 fully saturated rings. The highest BCUT2D eigenvalue weighted by Gasteiger charge is 2.39. The number of amides is 1. The van der Waals surface area contributed by atoms with Crippen molar-refractivity contribution in [3.05, 3.63) is 35.4 Å². The Kier molecular flexibility index (Phi) is 4.12. The first-order valence-electron chi connectivity index (χ1n) is 5.59. The van der Waals surface area contributed by atoms with Gasteiger partial charge in [0.25, 0.3) is 0 Å². The highest BCUT2D eigenvalue weighted by Crippen LogP contribution is 2.18. The van der Waals surface area contributed by atoms with Crippen LogP contribution in [0, 0.1) is 6.92 Å². The van der Waals surface area contributed by atoms with Gasteiger partial charge in [-0.3, -0.25) is 10.1 Å². The maximum atomic E-state index is 12.1. The van der Waals surface area contributed by atoms with E-state index < -0.39 is 12.1 Å². The lowest BCUT2D eigenvalue weighted by atomic mass is 10.1. The third-order valence-electron chi connectivity index (χ3n) is 2.47. The second kappa shape index (κ2) is 5.66. The number of carbonyl (C=O) groups is 1. The molecule has 0 aliphatic carbocycles. The van der Waals surface area contributed by atoms with E-state index in [2.05, 4.69) is 10.2 Å². The van der Waals surface area contributed by atoms with Crippen LogP contribution in [0.2, 0.25) is 0 Å². The molecule has 0 unspecified atom stereocenters. The van der Waals surface area contributed by atoms with Gasteiger partial charge in [0, 0.05) is 5.75 Å². The molecule has 1 heterocycles. The zero-order valence-corrected chi connectivity index (χ0v) is 11.2. The van der Waals surface area contributed by atoms with Crippen LogP contribution in [0.3, 0.4) is 0 Å². The summed E-state index contributed by atoms with van der Waals surface area (Å²) in [5, 5.41) is 8.98. The van der Waals surface area contributed by atoms with Crippen LogP contribution in [-0.2, 0) is 4.79 Å². The molecule has 1 aromatic carbocycles. The Bertz CT molecular complexity index is 579. The van der Waals surface area contributed by atoms with Crippen molar-refractivity contribution in [1.29, 1.82) is 0 Å². The van der Waals surface area contributed by atoms with Crippen LogP contribution in [0.5, 0.6) is 0 Å². The fraction of sp³-hybridized carbons (Fsp3) is 0.250. The van der Waals surface area contributed by atoms with E-state index in [1.807, 2.05) is 31.2 Å². The number of nitrogens with one attached hydrogen (secondary N) is 1. The molecule has 0 radical (unpaired) electrons. The molecule has 1 N–H and O–H groups in total. The molecule has 20 heavy (non-hydrogen) atoms. The number of thioether (sulfide) groups is 1. The second-order valence-electron chi connectivity index (χ2n) is 4.06. The number of alkyl halides is 3. The monoisotopic (exact) mass is 301 g/mol. The normalized spacial score (nSPS) is 15.4. The van der Waals surface area contributed by atoms with Crippen LogP contribution >= 0.6 is 11.8 Å². The first-order chi connectivity index (χ1) is 9.36. The van der Waals surface area contributed by atoms with E-state index in [-0.39, 0.29) is 5.17 Å². The molecule has 106 valence electrons. The SMILES string of the molecule is Cc1ccc(C2=NN=C(NC(=O)C(F)(F)F)SC2)cc1. The summed E-state index contributed by atoms with van der Waals surface area (Å²) in [4.78, 5) is 10.7. The number of benzene rings is 1. The lowest BCUT2D eigenvalue weighted by Gasteiger charge is -2.13. The van der Waals surface area contributed by atoms with Gasteiger partial charge in [-0.1, -0.05) is 41.6 Å². The van der Waals surface area contributed by atoms with Gasteiger partial charge in [-0.15, -0.1) is 5.10 Å². The maximum Gasteiger partial charge on any atom is 0.471 e. The van der Waals surface area contributed by atoms with Gasteiger partial charge in [0.1, 0.15) is 0 Å². The summed E-state index contributed by atoms with van der Waals surface area (Å²) < 4.78 is 36.2. The van der Waals surface area contributed by atoms with Gasteiger partial charge in [0.05, 0.1) is 5.71 Å². The molecule has 4 nitrogen and oxygen atoms in total. The molecule has 1 aliphatic heterocycles. The Labute approximate surface area is 117 Å². The van der Waals surface area contributed by atoms with Crippen molar-refractivity contribution >= 4 is 28.5 Å². The topological polar surface area (TPSA) is 53.8 Å². The Morgan fingerprint density at radius 3 is 2.40 bits per heavy atom. The molecule has 1 aliphatic rings. The van der Waals surface area contributed by atoms with Gasteiger partial charge in [0.2, 0.25) is 0 Å². The lowest BCUT2D eigenvalue weighted by Crippen LogP contribution is -2.40. The Balaban J connectivity index is 2.08. The number of hydrogen-bond donors (Lipinski definition) is 1. The predicted octanol–water partition coefficient (Wildman–Crippen LogP) is 2.48. The smallest absolute Gasteiger partial charge is 0.296 e. The number of halogens is 3. The molecule has 0 atom stereocenters. The van der Waals surface area contributed by atoms with Crippen LogP contribution in [0.15, 0.2) is 34.5 Å². The van der Waals surface area contributed by atoms with E-state index in [0.717, 1.165) is 22.9 Å². The van der Waals surface area contributed by atoms with Crippen molar-refractivity contribution < 1.29 is 18.0 Å². The number of hydrogen-bond acceptors (Lipinski definition) is 4.